The summed E-state index contributed by atoms with van der Waals surface area (Å²) in [4.78, 5) is 12.1. The predicted octanol–water partition coefficient (Wildman–Crippen LogP) is 2.57. The van der Waals surface area contributed by atoms with Crippen molar-refractivity contribution in [2.24, 2.45) is 0 Å². The topological polar surface area (TPSA) is 46.9 Å². The van der Waals surface area contributed by atoms with Gasteiger partial charge in [0.05, 0.1) is 23.1 Å². The van der Waals surface area contributed by atoms with Crippen LogP contribution in [0.2, 0.25) is 0 Å². The highest BCUT2D eigenvalue weighted by molar-refractivity contribution is 5.95. The van der Waals surface area contributed by atoms with Gasteiger partial charge in [-0.15, -0.1) is 0 Å². The van der Waals surface area contributed by atoms with Crippen molar-refractivity contribution >= 4 is 5.91 Å². The molecule has 0 aliphatic heterocycles. The van der Waals surface area contributed by atoms with Gasteiger partial charge in [0.2, 0.25) is 0 Å². The Morgan fingerprint density at radius 2 is 2.00 bits per heavy atom. The molecule has 0 saturated heterocycles. The van der Waals surface area contributed by atoms with Crippen molar-refractivity contribution in [1.29, 1.82) is 0 Å². The van der Waals surface area contributed by atoms with Crippen molar-refractivity contribution in [3.63, 3.8) is 0 Å². The lowest BCUT2D eigenvalue weighted by atomic mass is 10.2. The van der Waals surface area contributed by atoms with Gasteiger partial charge in [-0.25, -0.2) is 4.68 Å². The van der Waals surface area contributed by atoms with Crippen LogP contribution in [0.5, 0.6) is 0 Å². The van der Waals surface area contributed by atoms with Gasteiger partial charge >= 0.3 is 0 Å². The van der Waals surface area contributed by atoms with Crippen molar-refractivity contribution in [2.75, 3.05) is 0 Å². The molecule has 1 amide bonds. The van der Waals surface area contributed by atoms with Gasteiger partial charge in [0.25, 0.3) is 5.91 Å². The zero-order chi connectivity index (χ0) is 13.8. The summed E-state index contributed by atoms with van der Waals surface area (Å²) in [6.45, 7) is 5.93. The van der Waals surface area contributed by atoms with E-state index in [-0.39, 0.29) is 11.9 Å². The Morgan fingerprint density at radius 3 is 2.58 bits per heavy atom. The predicted molar refractivity (Wildman–Crippen MR) is 75.5 cm³/mol. The summed E-state index contributed by atoms with van der Waals surface area (Å²) in [6.07, 6.45) is 2.40. The molecule has 0 fully saturated rings. The Morgan fingerprint density at radius 1 is 1.32 bits per heavy atom. The molecule has 0 atom stereocenters. The van der Waals surface area contributed by atoms with Crippen LogP contribution in [0.3, 0.4) is 0 Å². The maximum Gasteiger partial charge on any atom is 0.254 e. The summed E-state index contributed by atoms with van der Waals surface area (Å²) in [5.41, 5.74) is 2.56. The van der Waals surface area contributed by atoms with E-state index in [1.807, 2.05) is 55.8 Å². The molecule has 100 valence electrons. The van der Waals surface area contributed by atoms with Crippen molar-refractivity contribution in [1.82, 2.24) is 15.1 Å². The quantitative estimate of drug-likeness (QED) is 0.915. The Labute approximate surface area is 113 Å². The van der Waals surface area contributed by atoms with E-state index < -0.39 is 0 Å². The monoisotopic (exact) mass is 257 g/mol. The van der Waals surface area contributed by atoms with E-state index in [4.69, 9.17) is 0 Å². The third kappa shape index (κ3) is 2.84. The van der Waals surface area contributed by atoms with Crippen LogP contribution in [0.15, 0.2) is 36.5 Å². The molecule has 0 aliphatic carbocycles. The summed E-state index contributed by atoms with van der Waals surface area (Å²) in [5, 5.41) is 7.25. The van der Waals surface area contributed by atoms with E-state index in [2.05, 4.69) is 10.4 Å². The van der Waals surface area contributed by atoms with E-state index in [1.165, 1.54) is 0 Å². The second-order valence-corrected chi connectivity index (χ2v) is 4.73. The third-order valence-electron chi connectivity index (χ3n) is 2.87. The maximum atomic E-state index is 12.1. The molecule has 4 heteroatoms. The lowest BCUT2D eigenvalue weighted by Gasteiger charge is -2.10. The van der Waals surface area contributed by atoms with Crippen LogP contribution in [0, 0.1) is 0 Å². The lowest BCUT2D eigenvalue weighted by molar-refractivity contribution is 0.0942. The first kappa shape index (κ1) is 13.3. The zero-order valence-electron chi connectivity index (χ0n) is 11.6. The van der Waals surface area contributed by atoms with Gasteiger partial charge in [-0.05, 0) is 32.4 Å². The first-order valence-corrected chi connectivity index (χ1v) is 6.56. The van der Waals surface area contributed by atoms with Crippen molar-refractivity contribution in [3.8, 4) is 5.69 Å². The number of para-hydroxylation sites is 1. The minimum Gasteiger partial charge on any atom is -0.350 e. The van der Waals surface area contributed by atoms with Crippen LogP contribution in [-0.2, 0) is 6.42 Å². The number of rotatable bonds is 4. The smallest absolute Gasteiger partial charge is 0.254 e. The number of carbonyl (C=O) groups excluding carboxylic acids is 1. The maximum absolute atomic E-state index is 12.1. The minimum atomic E-state index is -0.0611. The Kier molecular flexibility index (Phi) is 4.00. The van der Waals surface area contributed by atoms with Gasteiger partial charge < -0.3 is 5.32 Å². The summed E-state index contributed by atoms with van der Waals surface area (Å²) >= 11 is 0. The molecule has 1 N–H and O–H groups in total. The summed E-state index contributed by atoms with van der Waals surface area (Å²) < 4.78 is 1.83. The third-order valence-corrected chi connectivity index (χ3v) is 2.87. The normalized spacial score (nSPS) is 10.7. The highest BCUT2D eigenvalue weighted by Crippen LogP contribution is 2.15. The number of hydrogen-bond donors (Lipinski definition) is 1. The molecule has 0 aliphatic rings. The molecule has 0 unspecified atom stereocenters. The number of aromatic nitrogens is 2. The first-order valence-electron chi connectivity index (χ1n) is 6.56. The highest BCUT2D eigenvalue weighted by Gasteiger charge is 2.17. The molecule has 2 rings (SSSR count). The second-order valence-electron chi connectivity index (χ2n) is 4.73. The van der Waals surface area contributed by atoms with Crippen LogP contribution >= 0.6 is 0 Å². The van der Waals surface area contributed by atoms with Crippen molar-refractivity contribution < 1.29 is 4.79 Å². The van der Waals surface area contributed by atoms with E-state index in [1.54, 1.807) is 6.20 Å². The standard InChI is InChI=1S/C15H19N3O/c1-4-14-13(15(19)17-11(2)3)10-16-18(14)12-8-6-5-7-9-12/h5-11H,4H2,1-3H3,(H,17,19). The molecule has 0 spiro atoms. The van der Waals surface area contributed by atoms with E-state index in [9.17, 15) is 4.79 Å². The molecule has 0 radical (unpaired) electrons. The van der Waals surface area contributed by atoms with Gasteiger partial charge in [-0.3, -0.25) is 4.79 Å². The fraction of sp³-hybridized carbons (Fsp3) is 0.333. The van der Waals surface area contributed by atoms with Crippen LogP contribution in [-0.4, -0.2) is 21.7 Å². The number of hydrogen-bond acceptors (Lipinski definition) is 2. The summed E-state index contributed by atoms with van der Waals surface area (Å²) in [6, 6.07) is 9.98. The fourth-order valence-electron chi connectivity index (χ4n) is 2.04. The van der Waals surface area contributed by atoms with Crippen LogP contribution in [0.4, 0.5) is 0 Å². The Bertz CT molecular complexity index is 558. The molecule has 1 aromatic carbocycles. The van der Waals surface area contributed by atoms with Gasteiger partial charge in [-0.1, -0.05) is 25.1 Å². The average Bonchev–Trinajstić information content (AvgIpc) is 2.82. The molecule has 2 aromatic rings. The Balaban J connectivity index is 2.39. The molecular formula is C15H19N3O. The average molecular weight is 257 g/mol. The number of carbonyl (C=O) groups is 1. The molecule has 0 saturated carbocycles. The largest absolute Gasteiger partial charge is 0.350 e. The lowest BCUT2D eigenvalue weighted by Crippen LogP contribution is -2.30. The van der Waals surface area contributed by atoms with E-state index >= 15 is 0 Å². The molecule has 0 bridgehead atoms. The second kappa shape index (κ2) is 5.69. The van der Waals surface area contributed by atoms with Crippen LogP contribution < -0.4 is 5.32 Å². The van der Waals surface area contributed by atoms with Crippen LogP contribution in [0.1, 0.15) is 36.8 Å². The first-order chi connectivity index (χ1) is 9.13. The minimum absolute atomic E-state index is 0.0611. The number of nitrogens with zero attached hydrogens (tertiary/aromatic N) is 2. The molecular weight excluding hydrogens is 238 g/mol. The number of amides is 1. The molecule has 4 nitrogen and oxygen atoms in total. The van der Waals surface area contributed by atoms with Gasteiger partial charge in [-0.2, -0.15) is 5.10 Å². The van der Waals surface area contributed by atoms with E-state index in [0.717, 1.165) is 17.8 Å². The molecule has 1 heterocycles. The van der Waals surface area contributed by atoms with Gasteiger partial charge in [0.15, 0.2) is 0 Å². The van der Waals surface area contributed by atoms with Crippen LogP contribution in [0.25, 0.3) is 5.69 Å². The van der Waals surface area contributed by atoms with Crippen molar-refractivity contribution in [2.45, 2.75) is 33.2 Å². The number of nitrogens with one attached hydrogen (secondary N) is 1. The fourth-order valence-corrected chi connectivity index (χ4v) is 2.04. The Hall–Kier alpha value is -2.10. The SMILES string of the molecule is CCc1c(C(=O)NC(C)C)cnn1-c1ccccc1. The number of benzene rings is 1. The van der Waals surface area contributed by atoms with E-state index in [0.29, 0.717) is 5.56 Å². The highest BCUT2D eigenvalue weighted by atomic mass is 16.1. The van der Waals surface area contributed by atoms with Gasteiger partial charge in [0.1, 0.15) is 0 Å². The van der Waals surface area contributed by atoms with Crippen molar-refractivity contribution in [3.05, 3.63) is 47.8 Å². The summed E-state index contributed by atoms with van der Waals surface area (Å²) in [5.74, 6) is -0.0611. The molecule has 19 heavy (non-hydrogen) atoms. The summed E-state index contributed by atoms with van der Waals surface area (Å²) in [7, 11) is 0. The molecule has 1 aromatic heterocycles. The van der Waals surface area contributed by atoms with Gasteiger partial charge in [0, 0.05) is 6.04 Å². The zero-order valence-corrected chi connectivity index (χ0v) is 11.6.